The highest BCUT2D eigenvalue weighted by atomic mass is 19.1. The monoisotopic (exact) mass is 283 g/mol. The number of nitrogens with zero attached hydrogens (tertiary/aromatic N) is 1. The third-order valence-electron chi connectivity index (χ3n) is 3.30. The number of methoxy groups -OCH3 is 1. The first-order chi connectivity index (χ1) is 10.1. The van der Waals surface area contributed by atoms with Crippen LogP contribution in [0.25, 0.3) is 0 Å². The molecule has 0 saturated carbocycles. The number of aryl methyl sites for hydroxylation is 1. The van der Waals surface area contributed by atoms with Crippen molar-refractivity contribution in [3.05, 3.63) is 65.0 Å². The average molecular weight is 283 g/mol. The molecule has 0 amide bonds. The zero-order chi connectivity index (χ0) is 15.4. The van der Waals surface area contributed by atoms with E-state index in [1.54, 1.807) is 43.3 Å². The van der Waals surface area contributed by atoms with Gasteiger partial charge in [-0.15, -0.1) is 0 Å². The van der Waals surface area contributed by atoms with E-state index in [0.29, 0.717) is 16.9 Å². The highest BCUT2D eigenvalue weighted by Crippen LogP contribution is 2.29. The van der Waals surface area contributed by atoms with E-state index in [9.17, 15) is 14.4 Å². The van der Waals surface area contributed by atoms with Gasteiger partial charge in [-0.25, -0.2) is 4.39 Å². The minimum absolute atomic E-state index is 0.0764. The van der Waals surface area contributed by atoms with Gasteiger partial charge in [0.2, 0.25) is 0 Å². The lowest BCUT2D eigenvalue weighted by molar-refractivity contribution is 0.0973. The number of nitriles is 1. The minimum Gasteiger partial charge on any atom is -0.496 e. The summed E-state index contributed by atoms with van der Waals surface area (Å²) in [4.78, 5) is 12.5. The van der Waals surface area contributed by atoms with Crippen LogP contribution in [0, 0.1) is 24.1 Å². The van der Waals surface area contributed by atoms with Crippen molar-refractivity contribution in [1.29, 1.82) is 5.26 Å². The van der Waals surface area contributed by atoms with E-state index in [4.69, 9.17) is 4.74 Å². The van der Waals surface area contributed by atoms with Crippen molar-refractivity contribution in [3.63, 3.8) is 0 Å². The van der Waals surface area contributed by atoms with Gasteiger partial charge in [-0.05, 0) is 24.6 Å². The van der Waals surface area contributed by atoms with E-state index in [1.165, 1.54) is 13.2 Å². The highest BCUT2D eigenvalue weighted by Gasteiger charge is 2.27. The number of ether oxygens (including phenoxy) is 1. The highest BCUT2D eigenvalue weighted by molar-refractivity contribution is 6.03. The topological polar surface area (TPSA) is 50.1 Å². The lowest BCUT2D eigenvalue weighted by Crippen LogP contribution is -2.14. The molecular weight excluding hydrogens is 269 g/mol. The molecule has 2 aromatic carbocycles. The molecular formula is C17H14FNO2. The summed E-state index contributed by atoms with van der Waals surface area (Å²) in [5.41, 5.74) is 0.735. The van der Waals surface area contributed by atoms with Crippen molar-refractivity contribution >= 4 is 5.78 Å². The Morgan fingerprint density at radius 3 is 2.62 bits per heavy atom. The Morgan fingerprint density at radius 2 is 1.95 bits per heavy atom. The summed E-state index contributed by atoms with van der Waals surface area (Å²) in [7, 11) is 1.46. The number of hydrogen-bond acceptors (Lipinski definition) is 3. The van der Waals surface area contributed by atoms with E-state index >= 15 is 0 Å². The maximum absolute atomic E-state index is 14.1. The first-order valence-corrected chi connectivity index (χ1v) is 6.42. The van der Waals surface area contributed by atoms with E-state index < -0.39 is 17.5 Å². The summed E-state index contributed by atoms with van der Waals surface area (Å²) < 4.78 is 19.3. The molecule has 0 bridgehead atoms. The Balaban J connectivity index is 2.49. The third-order valence-corrected chi connectivity index (χ3v) is 3.30. The Hall–Kier alpha value is -2.67. The van der Waals surface area contributed by atoms with Crippen LogP contribution in [0.4, 0.5) is 4.39 Å². The van der Waals surface area contributed by atoms with Crippen LogP contribution in [0.2, 0.25) is 0 Å². The predicted octanol–water partition coefficient (Wildman–Crippen LogP) is 3.63. The van der Waals surface area contributed by atoms with Crippen LogP contribution in [0.3, 0.4) is 0 Å². The molecule has 0 radical (unpaired) electrons. The molecule has 106 valence electrons. The van der Waals surface area contributed by atoms with E-state index in [0.717, 1.165) is 0 Å². The molecule has 2 aromatic rings. The first-order valence-electron chi connectivity index (χ1n) is 6.42. The molecule has 0 heterocycles. The molecule has 0 saturated heterocycles. The summed E-state index contributed by atoms with van der Waals surface area (Å²) in [6.07, 6.45) is 0. The number of halogens is 1. The summed E-state index contributed by atoms with van der Waals surface area (Å²) in [5, 5.41) is 9.34. The van der Waals surface area contributed by atoms with E-state index in [2.05, 4.69) is 0 Å². The lowest BCUT2D eigenvalue weighted by Gasteiger charge is -2.13. The van der Waals surface area contributed by atoms with Gasteiger partial charge in [-0.2, -0.15) is 5.26 Å². The predicted molar refractivity (Wildman–Crippen MR) is 76.8 cm³/mol. The summed E-state index contributed by atoms with van der Waals surface area (Å²) in [6.45, 7) is 1.58. The fourth-order valence-corrected chi connectivity index (χ4v) is 2.17. The maximum Gasteiger partial charge on any atom is 0.187 e. The molecule has 21 heavy (non-hydrogen) atoms. The summed E-state index contributed by atoms with van der Waals surface area (Å²) in [5.74, 6) is -1.82. The second-order valence-electron chi connectivity index (χ2n) is 4.60. The van der Waals surface area contributed by atoms with Crippen molar-refractivity contribution < 1.29 is 13.9 Å². The molecule has 0 aliphatic carbocycles. The molecule has 3 nitrogen and oxygen atoms in total. The van der Waals surface area contributed by atoms with Gasteiger partial charge in [0.25, 0.3) is 0 Å². The number of benzene rings is 2. The van der Waals surface area contributed by atoms with Crippen LogP contribution in [-0.4, -0.2) is 12.9 Å². The van der Waals surface area contributed by atoms with Gasteiger partial charge in [0.1, 0.15) is 17.5 Å². The van der Waals surface area contributed by atoms with Crippen molar-refractivity contribution in [2.75, 3.05) is 7.11 Å². The Kier molecular flexibility index (Phi) is 4.34. The van der Waals surface area contributed by atoms with Crippen LogP contribution >= 0.6 is 0 Å². The summed E-state index contributed by atoms with van der Waals surface area (Å²) in [6, 6.07) is 13.3. The van der Waals surface area contributed by atoms with Gasteiger partial charge in [0.05, 0.1) is 18.7 Å². The number of carbonyl (C=O) groups excluding carboxylic acids is 1. The molecule has 0 spiro atoms. The van der Waals surface area contributed by atoms with Crippen molar-refractivity contribution in [2.24, 2.45) is 0 Å². The van der Waals surface area contributed by atoms with Crippen molar-refractivity contribution in [3.8, 4) is 11.8 Å². The van der Waals surface area contributed by atoms with Gasteiger partial charge in [-0.3, -0.25) is 4.79 Å². The normalized spacial score (nSPS) is 11.5. The SMILES string of the molecule is COc1ccccc1C(C#N)C(=O)c1cccc(C)c1F. The second kappa shape index (κ2) is 6.19. The lowest BCUT2D eigenvalue weighted by atomic mass is 9.90. The van der Waals surface area contributed by atoms with Gasteiger partial charge in [0, 0.05) is 5.56 Å². The first kappa shape index (κ1) is 14.7. The van der Waals surface area contributed by atoms with Crippen LogP contribution in [-0.2, 0) is 0 Å². The standard InChI is InChI=1S/C17H14FNO2/c1-11-6-5-8-13(16(11)18)17(20)14(10-19)12-7-3-4-9-15(12)21-2/h3-9,14H,1-2H3. The second-order valence-corrected chi connectivity index (χ2v) is 4.60. The smallest absolute Gasteiger partial charge is 0.187 e. The van der Waals surface area contributed by atoms with Crippen LogP contribution in [0.5, 0.6) is 5.75 Å². The third kappa shape index (κ3) is 2.77. The fourth-order valence-electron chi connectivity index (χ4n) is 2.17. The Morgan fingerprint density at radius 1 is 1.24 bits per heavy atom. The zero-order valence-corrected chi connectivity index (χ0v) is 11.8. The van der Waals surface area contributed by atoms with Gasteiger partial charge >= 0.3 is 0 Å². The van der Waals surface area contributed by atoms with Gasteiger partial charge in [-0.1, -0.05) is 30.3 Å². The van der Waals surface area contributed by atoms with Crippen LogP contribution in [0.15, 0.2) is 42.5 Å². The van der Waals surface area contributed by atoms with E-state index in [1.807, 2.05) is 6.07 Å². The van der Waals surface area contributed by atoms with Crippen LogP contribution in [0.1, 0.15) is 27.4 Å². The number of ketones is 1. The molecule has 0 aromatic heterocycles. The molecule has 0 fully saturated rings. The molecule has 1 atom stereocenters. The number of para-hydroxylation sites is 1. The number of carbonyl (C=O) groups is 1. The molecule has 1 unspecified atom stereocenters. The molecule has 2 rings (SSSR count). The molecule has 4 heteroatoms. The Labute approximate surface area is 122 Å². The minimum atomic E-state index is -1.10. The Bertz CT molecular complexity index is 719. The largest absolute Gasteiger partial charge is 0.496 e. The van der Waals surface area contributed by atoms with Gasteiger partial charge in [0.15, 0.2) is 5.78 Å². The number of hydrogen-bond donors (Lipinski definition) is 0. The molecule has 0 N–H and O–H groups in total. The molecule has 0 aliphatic heterocycles. The van der Waals surface area contributed by atoms with Crippen molar-refractivity contribution in [2.45, 2.75) is 12.8 Å². The average Bonchev–Trinajstić information content (AvgIpc) is 2.51. The number of rotatable bonds is 4. The van der Waals surface area contributed by atoms with Crippen LogP contribution < -0.4 is 4.74 Å². The summed E-state index contributed by atoms with van der Waals surface area (Å²) >= 11 is 0. The zero-order valence-electron chi connectivity index (χ0n) is 11.8. The fraction of sp³-hybridized carbons (Fsp3) is 0.176. The quantitative estimate of drug-likeness (QED) is 0.805. The molecule has 0 aliphatic rings. The van der Waals surface area contributed by atoms with E-state index in [-0.39, 0.29) is 5.56 Å². The maximum atomic E-state index is 14.1. The number of Topliss-reactive ketones (excluding diaryl/α,β-unsaturated/α-hetero) is 1. The van der Waals surface area contributed by atoms with Crippen molar-refractivity contribution in [1.82, 2.24) is 0 Å². The van der Waals surface area contributed by atoms with Gasteiger partial charge < -0.3 is 4.74 Å².